The number of nitrogens with zero attached hydrogens (tertiary/aromatic N) is 3. The van der Waals surface area contributed by atoms with Gasteiger partial charge in [-0.2, -0.15) is 0 Å². The second kappa shape index (κ2) is 9.01. The lowest BCUT2D eigenvalue weighted by atomic mass is 10.1. The normalized spacial score (nSPS) is 12.3. The zero-order chi connectivity index (χ0) is 29.9. The van der Waals surface area contributed by atoms with Crippen LogP contribution in [0.3, 0.4) is 0 Å². The van der Waals surface area contributed by atoms with E-state index in [-0.39, 0.29) is 0 Å². The van der Waals surface area contributed by atoms with Gasteiger partial charge < -0.3 is 4.42 Å². The lowest BCUT2D eigenvalue weighted by Gasteiger charge is -2.10. The molecule has 4 nitrogen and oxygen atoms in total. The highest BCUT2D eigenvalue weighted by Gasteiger charge is 2.23. The molecule has 6 aromatic carbocycles. The maximum Gasteiger partial charge on any atom is 0.236 e. The fourth-order valence-electron chi connectivity index (χ4n) is 7.20. The SMILES string of the molecule is c1ccc2c(c1)oc1c(-c3cccc4c3sc3ccccc34)nc(-n3c4ccccc4c4cc5sc6ccccc6c5cc43)nc12. The first-order valence-corrected chi connectivity index (χ1v) is 16.9. The molecule has 0 radical (unpaired) electrons. The molecule has 11 rings (SSSR count). The number of fused-ring (bicyclic) bond motifs is 12. The number of rotatable bonds is 2. The van der Waals surface area contributed by atoms with Crippen molar-refractivity contribution in [2.75, 3.05) is 0 Å². The minimum atomic E-state index is 0.636. The van der Waals surface area contributed by atoms with Gasteiger partial charge in [0, 0.05) is 62.1 Å². The molecule has 46 heavy (non-hydrogen) atoms. The number of furan rings is 1. The monoisotopic (exact) mass is 623 g/mol. The zero-order valence-electron chi connectivity index (χ0n) is 24.2. The molecule has 5 heterocycles. The van der Waals surface area contributed by atoms with Crippen LogP contribution >= 0.6 is 22.7 Å². The summed E-state index contributed by atoms with van der Waals surface area (Å²) in [6, 6.07) is 45.2. The largest absolute Gasteiger partial charge is 0.452 e. The Morgan fingerprint density at radius 3 is 2.07 bits per heavy atom. The molecule has 0 bridgehead atoms. The van der Waals surface area contributed by atoms with Crippen molar-refractivity contribution in [3.05, 3.63) is 127 Å². The summed E-state index contributed by atoms with van der Waals surface area (Å²) in [7, 11) is 0. The predicted octanol–water partition coefficient (Wildman–Crippen LogP) is 11.9. The van der Waals surface area contributed by atoms with Crippen molar-refractivity contribution < 1.29 is 4.42 Å². The Labute approximate surface area is 269 Å². The summed E-state index contributed by atoms with van der Waals surface area (Å²) in [6.07, 6.45) is 0. The fraction of sp³-hybridized carbons (Fsp3) is 0. The van der Waals surface area contributed by atoms with Crippen molar-refractivity contribution in [3.63, 3.8) is 0 Å². The Morgan fingerprint density at radius 2 is 1.20 bits per heavy atom. The van der Waals surface area contributed by atoms with Gasteiger partial charge in [0.1, 0.15) is 16.8 Å². The summed E-state index contributed by atoms with van der Waals surface area (Å²) in [5.74, 6) is 0.636. The molecular weight excluding hydrogens is 603 g/mol. The second-order valence-electron chi connectivity index (χ2n) is 11.7. The van der Waals surface area contributed by atoms with Crippen LogP contribution in [0.15, 0.2) is 132 Å². The van der Waals surface area contributed by atoms with Crippen LogP contribution in [0.4, 0.5) is 0 Å². The van der Waals surface area contributed by atoms with Crippen molar-refractivity contribution in [1.82, 2.24) is 14.5 Å². The molecule has 214 valence electrons. The van der Waals surface area contributed by atoms with E-state index in [0.29, 0.717) is 11.5 Å². The highest BCUT2D eigenvalue weighted by atomic mass is 32.1. The molecule has 0 aliphatic rings. The van der Waals surface area contributed by atoms with E-state index in [1.54, 1.807) is 11.3 Å². The molecule has 0 N–H and O–H groups in total. The van der Waals surface area contributed by atoms with Crippen molar-refractivity contribution in [3.8, 4) is 17.2 Å². The Hall–Kier alpha value is -5.56. The van der Waals surface area contributed by atoms with Crippen LogP contribution in [0, 0.1) is 0 Å². The van der Waals surface area contributed by atoms with Crippen LogP contribution in [0.5, 0.6) is 0 Å². The summed E-state index contributed by atoms with van der Waals surface area (Å²) < 4.78 is 13.9. The third kappa shape index (κ3) is 3.27. The van der Waals surface area contributed by atoms with Crippen LogP contribution in [-0.4, -0.2) is 14.5 Å². The molecule has 0 saturated carbocycles. The van der Waals surface area contributed by atoms with Crippen molar-refractivity contribution in [1.29, 1.82) is 0 Å². The van der Waals surface area contributed by atoms with Gasteiger partial charge in [-0.1, -0.05) is 84.9 Å². The summed E-state index contributed by atoms with van der Waals surface area (Å²) in [5, 5.41) is 8.38. The number of thiophene rings is 2. The van der Waals surface area contributed by atoms with Crippen molar-refractivity contribution in [2.24, 2.45) is 0 Å². The van der Waals surface area contributed by atoms with E-state index in [9.17, 15) is 0 Å². The molecule has 6 heteroatoms. The van der Waals surface area contributed by atoms with Crippen LogP contribution in [-0.2, 0) is 0 Å². The van der Waals surface area contributed by atoms with Crippen molar-refractivity contribution in [2.45, 2.75) is 0 Å². The zero-order valence-corrected chi connectivity index (χ0v) is 25.8. The molecule has 0 atom stereocenters. The van der Waals surface area contributed by atoms with E-state index < -0.39 is 0 Å². The lowest BCUT2D eigenvalue weighted by molar-refractivity contribution is 0.666. The predicted molar refractivity (Wildman–Crippen MR) is 195 cm³/mol. The van der Waals surface area contributed by atoms with E-state index in [0.717, 1.165) is 38.8 Å². The van der Waals surface area contributed by atoms with E-state index in [1.807, 2.05) is 29.5 Å². The lowest BCUT2D eigenvalue weighted by Crippen LogP contribution is -2.02. The Morgan fingerprint density at radius 1 is 0.500 bits per heavy atom. The van der Waals surface area contributed by atoms with Gasteiger partial charge in [-0.15, -0.1) is 22.7 Å². The molecule has 0 spiro atoms. The van der Waals surface area contributed by atoms with Gasteiger partial charge in [-0.3, -0.25) is 4.57 Å². The van der Waals surface area contributed by atoms with Gasteiger partial charge in [0.05, 0.1) is 11.0 Å². The Bertz CT molecular complexity index is 3050. The molecule has 0 fully saturated rings. The molecular formula is C40H21N3OS2. The maximum absolute atomic E-state index is 6.58. The Kier molecular flexibility index (Phi) is 4.84. The van der Waals surface area contributed by atoms with Gasteiger partial charge in [0.15, 0.2) is 5.58 Å². The van der Waals surface area contributed by atoms with Crippen LogP contribution in [0.2, 0.25) is 0 Å². The summed E-state index contributed by atoms with van der Waals surface area (Å²) in [5.41, 5.74) is 6.37. The molecule has 11 aromatic rings. The maximum atomic E-state index is 6.58. The minimum Gasteiger partial charge on any atom is -0.452 e. The molecule has 5 aromatic heterocycles. The van der Waals surface area contributed by atoms with E-state index >= 15 is 0 Å². The fourth-order valence-corrected chi connectivity index (χ4v) is 9.54. The van der Waals surface area contributed by atoms with Crippen LogP contribution < -0.4 is 0 Å². The average Bonchev–Trinajstić information content (AvgIpc) is 3.85. The molecule has 0 aliphatic carbocycles. The Balaban J connectivity index is 1.30. The molecule has 0 unspecified atom stereocenters. The summed E-state index contributed by atoms with van der Waals surface area (Å²) in [4.78, 5) is 10.7. The second-order valence-corrected chi connectivity index (χ2v) is 13.9. The number of hydrogen-bond donors (Lipinski definition) is 0. The van der Waals surface area contributed by atoms with Gasteiger partial charge >= 0.3 is 0 Å². The minimum absolute atomic E-state index is 0.636. The molecule has 0 saturated heterocycles. The number of para-hydroxylation sites is 2. The first-order valence-electron chi connectivity index (χ1n) is 15.2. The van der Waals surface area contributed by atoms with Gasteiger partial charge in [0.2, 0.25) is 5.95 Å². The topological polar surface area (TPSA) is 43.9 Å². The van der Waals surface area contributed by atoms with Gasteiger partial charge in [0.25, 0.3) is 0 Å². The standard InChI is InChI=1S/C40H21N3OS2/c1-5-16-30-22(10-1)28-21-35-29(24-12-4-7-18-33(24)45-35)20-31(28)43(30)40-41-36-26-13-2-6-17-32(26)44-38(36)37(42-40)27-15-9-14-25-23-11-3-8-19-34(23)46-39(25)27/h1-21H. The van der Waals surface area contributed by atoms with Crippen molar-refractivity contribution >= 4 is 107 Å². The van der Waals surface area contributed by atoms with E-state index in [4.69, 9.17) is 14.4 Å². The summed E-state index contributed by atoms with van der Waals surface area (Å²) in [6.45, 7) is 0. The smallest absolute Gasteiger partial charge is 0.236 e. The van der Waals surface area contributed by atoms with Crippen LogP contribution in [0.1, 0.15) is 0 Å². The highest BCUT2D eigenvalue weighted by Crippen LogP contribution is 2.44. The first kappa shape index (κ1) is 24.7. The number of hydrogen-bond acceptors (Lipinski definition) is 5. The highest BCUT2D eigenvalue weighted by molar-refractivity contribution is 7.26. The van der Waals surface area contributed by atoms with E-state index in [1.165, 1.54) is 51.1 Å². The first-order chi connectivity index (χ1) is 22.8. The number of aromatic nitrogens is 3. The van der Waals surface area contributed by atoms with Gasteiger partial charge in [-0.25, -0.2) is 9.97 Å². The quantitative estimate of drug-likeness (QED) is 0.192. The van der Waals surface area contributed by atoms with E-state index in [2.05, 4.69) is 114 Å². The van der Waals surface area contributed by atoms with Gasteiger partial charge in [-0.05, 0) is 42.5 Å². The third-order valence-electron chi connectivity index (χ3n) is 9.24. The molecule has 0 amide bonds. The van der Waals surface area contributed by atoms with Crippen LogP contribution in [0.25, 0.3) is 101 Å². The average molecular weight is 624 g/mol. The summed E-state index contributed by atoms with van der Waals surface area (Å²) >= 11 is 3.65. The third-order valence-corrected chi connectivity index (χ3v) is 11.6. The molecule has 0 aliphatic heterocycles. The number of benzene rings is 6.